The zero-order chi connectivity index (χ0) is 15.7. The molecule has 0 aliphatic rings. The Labute approximate surface area is 152 Å². The lowest BCUT2D eigenvalue weighted by atomic mass is 10.0. The van der Waals surface area contributed by atoms with Crippen molar-refractivity contribution in [2.24, 2.45) is 10.9 Å². The van der Waals surface area contributed by atoms with Crippen molar-refractivity contribution in [2.45, 2.75) is 53.0 Å². The van der Waals surface area contributed by atoms with Crippen molar-refractivity contribution in [3.8, 4) is 0 Å². The lowest BCUT2D eigenvalue weighted by Crippen LogP contribution is -2.43. The van der Waals surface area contributed by atoms with Gasteiger partial charge in [0.15, 0.2) is 5.96 Å². The van der Waals surface area contributed by atoms with Gasteiger partial charge in [-0.15, -0.1) is 24.0 Å². The number of aliphatic imine (C=N–C) groups is 1. The summed E-state index contributed by atoms with van der Waals surface area (Å²) < 4.78 is 0. The summed E-state index contributed by atoms with van der Waals surface area (Å²) in [7, 11) is 1.82. The summed E-state index contributed by atoms with van der Waals surface area (Å²) in [5.41, 5.74) is 2.31. The standard InChI is InChI=1S/C17H30N4.HI/c1-13(2)6-7-15(4)21-17(18-5)19-11-10-16-9-8-14(3)20-12-16;/h8-9,12-13,15H,6-7,10-11H2,1-5H3,(H2,18,19,21);1H. The normalized spacial score (nSPS) is 12.7. The molecule has 0 bridgehead atoms. The molecule has 1 rings (SSSR count). The van der Waals surface area contributed by atoms with Crippen molar-refractivity contribution in [1.82, 2.24) is 15.6 Å². The molecule has 4 nitrogen and oxygen atoms in total. The van der Waals surface area contributed by atoms with Gasteiger partial charge >= 0.3 is 0 Å². The van der Waals surface area contributed by atoms with E-state index in [1.54, 1.807) is 0 Å². The zero-order valence-corrected chi connectivity index (χ0v) is 16.8. The predicted molar refractivity (Wildman–Crippen MR) is 106 cm³/mol. The summed E-state index contributed by atoms with van der Waals surface area (Å²) in [4.78, 5) is 8.59. The molecule has 1 aromatic heterocycles. The van der Waals surface area contributed by atoms with Gasteiger partial charge in [0.1, 0.15) is 0 Å². The van der Waals surface area contributed by atoms with Crippen molar-refractivity contribution in [1.29, 1.82) is 0 Å². The second-order valence-corrected chi connectivity index (χ2v) is 6.07. The van der Waals surface area contributed by atoms with Gasteiger partial charge in [-0.3, -0.25) is 9.98 Å². The predicted octanol–water partition coefficient (Wildman–Crippen LogP) is 3.54. The highest BCUT2D eigenvalue weighted by Crippen LogP contribution is 2.06. The second-order valence-electron chi connectivity index (χ2n) is 6.07. The monoisotopic (exact) mass is 418 g/mol. The molecule has 0 saturated carbocycles. The molecular weight excluding hydrogens is 387 g/mol. The maximum absolute atomic E-state index is 4.31. The van der Waals surface area contributed by atoms with Gasteiger partial charge in [-0.25, -0.2) is 0 Å². The molecule has 126 valence electrons. The van der Waals surface area contributed by atoms with E-state index < -0.39 is 0 Å². The van der Waals surface area contributed by atoms with E-state index in [-0.39, 0.29) is 24.0 Å². The Morgan fingerprint density at radius 1 is 1.23 bits per heavy atom. The first kappa shape index (κ1) is 21.1. The van der Waals surface area contributed by atoms with Crippen LogP contribution in [0.15, 0.2) is 23.3 Å². The largest absolute Gasteiger partial charge is 0.356 e. The van der Waals surface area contributed by atoms with Gasteiger partial charge in [-0.05, 0) is 50.7 Å². The average molecular weight is 418 g/mol. The number of nitrogens with one attached hydrogen (secondary N) is 2. The van der Waals surface area contributed by atoms with Gasteiger partial charge in [0.2, 0.25) is 0 Å². The number of nitrogens with zero attached hydrogens (tertiary/aromatic N) is 2. The third-order valence-electron chi connectivity index (χ3n) is 3.46. The van der Waals surface area contributed by atoms with Crippen LogP contribution < -0.4 is 10.6 Å². The number of aryl methyl sites for hydroxylation is 1. The first-order valence-corrected chi connectivity index (χ1v) is 7.90. The minimum atomic E-state index is 0. The summed E-state index contributed by atoms with van der Waals surface area (Å²) >= 11 is 0. The van der Waals surface area contributed by atoms with Crippen LogP contribution in [0, 0.1) is 12.8 Å². The summed E-state index contributed by atoms with van der Waals surface area (Å²) in [5.74, 6) is 1.63. The minimum Gasteiger partial charge on any atom is -0.356 e. The van der Waals surface area contributed by atoms with Crippen molar-refractivity contribution in [3.63, 3.8) is 0 Å². The summed E-state index contributed by atoms with van der Waals surface area (Å²) in [6.07, 6.45) is 5.30. The van der Waals surface area contributed by atoms with Crippen LogP contribution in [-0.2, 0) is 6.42 Å². The zero-order valence-electron chi connectivity index (χ0n) is 14.5. The second kappa shape index (κ2) is 11.7. The van der Waals surface area contributed by atoms with Gasteiger partial charge in [-0.2, -0.15) is 0 Å². The third kappa shape index (κ3) is 9.23. The van der Waals surface area contributed by atoms with Crippen LogP contribution in [0.25, 0.3) is 0 Å². The Bertz CT molecular complexity index is 429. The topological polar surface area (TPSA) is 49.3 Å². The molecule has 0 fully saturated rings. The summed E-state index contributed by atoms with van der Waals surface area (Å²) in [5, 5.41) is 6.80. The fourth-order valence-corrected chi connectivity index (χ4v) is 2.06. The third-order valence-corrected chi connectivity index (χ3v) is 3.46. The molecule has 0 saturated heterocycles. The quantitative estimate of drug-likeness (QED) is 0.405. The molecule has 0 aliphatic heterocycles. The first-order chi connectivity index (χ1) is 10.0. The van der Waals surface area contributed by atoms with Crippen molar-refractivity contribution >= 4 is 29.9 Å². The number of halogens is 1. The van der Waals surface area contributed by atoms with Crippen molar-refractivity contribution < 1.29 is 0 Å². The minimum absolute atomic E-state index is 0. The highest BCUT2D eigenvalue weighted by molar-refractivity contribution is 14.0. The molecule has 0 aromatic carbocycles. The van der Waals surface area contributed by atoms with Gasteiger partial charge in [0.05, 0.1) is 0 Å². The molecule has 22 heavy (non-hydrogen) atoms. The van der Waals surface area contributed by atoms with Gasteiger partial charge in [-0.1, -0.05) is 19.9 Å². The highest BCUT2D eigenvalue weighted by Gasteiger charge is 2.06. The molecule has 0 spiro atoms. The number of hydrogen-bond donors (Lipinski definition) is 2. The molecule has 0 amide bonds. The Morgan fingerprint density at radius 2 is 1.95 bits per heavy atom. The van der Waals surface area contributed by atoms with Crippen molar-refractivity contribution in [3.05, 3.63) is 29.6 Å². The Hall–Kier alpha value is -0.850. The molecule has 1 unspecified atom stereocenters. The van der Waals surface area contributed by atoms with Gasteiger partial charge in [0.25, 0.3) is 0 Å². The molecule has 2 N–H and O–H groups in total. The molecule has 5 heteroatoms. The van der Waals surface area contributed by atoms with E-state index in [9.17, 15) is 0 Å². The molecular formula is C17H31IN4. The Morgan fingerprint density at radius 3 is 2.50 bits per heavy atom. The van der Waals surface area contributed by atoms with E-state index >= 15 is 0 Å². The van der Waals surface area contributed by atoms with Crippen LogP contribution in [0.4, 0.5) is 0 Å². The maximum Gasteiger partial charge on any atom is 0.191 e. The number of guanidine groups is 1. The van der Waals surface area contributed by atoms with Crippen molar-refractivity contribution in [2.75, 3.05) is 13.6 Å². The van der Waals surface area contributed by atoms with Crippen LogP contribution in [0.5, 0.6) is 0 Å². The fraction of sp³-hybridized carbons (Fsp3) is 0.647. The van der Waals surface area contributed by atoms with E-state index in [1.807, 2.05) is 20.2 Å². The Balaban J connectivity index is 0.00000441. The van der Waals surface area contributed by atoms with Crippen LogP contribution in [0.3, 0.4) is 0 Å². The number of pyridine rings is 1. The fourth-order valence-electron chi connectivity index (χ4n) is 2.06. The van der Waals surface area contributed by atoms with Crippen LogP contribution in [0.1, 0.15) is 44.9 Å². The SMILES string of the molecule is CN=C(NCCc1ccc(C)nc1)NC(C)CCC(C)C.I. The number of hydrogen-bond acceptors (Lipinski definition) is 2. The lowest BCUT2D eigenvalue weighted by molar-refractivity contribution is 0.489. The summed E-state index contributed by atoms with van der Waals surface area (Å²) in [6.45, 7) is 9.59. The number of aromatic nitrogens is 1. The first-order valence-electron chi connectivity index (χ1n) is 7.90. The Kier molecular flexibility index (Phi) is 11.2. The van der Waals surface area contributed by atoms with Crippen LogP contribution in [-0.4, -0.2) is 30.6 Å². The lowest BCUT2D eigenvalue weighted by Gasteiger charge is -2.18. The smallest absolute Gasteiger partial charge is 0.191 e. The number of rotatable bonds is 7. The maximum atomic E-state index is 4.31. The van der Waals surface area contributed by atoms with Gasteiger partial charge < -0.3 is 10.6 Å². The van der Waals surface area contributed by atoms with E-state index in [0.29, 0.717) is 6.04 Å². The molecule has 1 heterocycles. The van der Waals surface area contributed by atoms with E-state index in [0.717, 1.165) is 30.5 Å². The molecule has 0 radical (unpaired) electrons. The average Bonchev–Trinajstić information content (AvgIpc) is 2.46. The summed E-state index contributed by atoms with van der Waals surface area (Å²) in [6, 6.07) is 4.63. The van der Waals surface area contributed by atoms with E-state index in [2.05, 4.69) is 53.5 Å². The van der Waals surface area contributed by atoms with E-state index in [1.165, 1.54) is 18.4 Å². The molecule has 1 aromatic rings. The van der Waals surface area contributed by atoms with Crippen LogP contribution in [0.2, 0.25) is 0 Å². The van der Waals surface area contributed by atoms with Gasteiger partial charge in [0, 0.05) is 31.5 Å². The highest BCUT2D eigenvalue weighted by atomic mass is 127. The molecule has 0 aliphatic carbocycles. The van der Waals surface area contributed by atoms with Crippen LogP contribution >= 0.6 is 24.0 Å². The van der Waals surface area contributed by atoms with E-state index in [4.69, 9.17) is 0 Å². The molecule has 1 atom stereocenters.